The SMILES string of the molecule is Cc1c(C(=O)NCCO)c(C)c(N(C=O)CC(C)O)c(C)c1C(=O)NCC(O)CO. The highest BCUT2D eigenvalue weighted by Crippen LogP contribution is 2.34. The predicted molar refractivity (Wildman–Crippen MR) is 111 cm³/mol. The highest BCUT2D eigenvalue weighted by Gasteiger charge is 2.28. The Morgan fingerprint density at radius 2 is 1.53 bits per heavy atom. The van der Waals surface area contributed by atoms with E-state index in [-0.39, 0.29) is 37.4 Å². The number of aliphatic hydroxyl groups excluding tert-OH is 4. The molecule has 1 aromatic rings. The summed E-state index contributed by atoms with van der Waals surface area (Å²) in [6, 6.07) is 0. The van der Waals surface area contributed by atoms with Crippen molar-refractivity contribution in [1.29, 1.82) is 0 Å². The maximum absolute atomic E-state index is 12.9. The molecular formula is C20H31N3O7. The second-order valence-corrected chi connectivity index (χ2v) is 7.11. The molecule has 10 heteroatoms. The molecule has 0 heterocycles. The standard InChI is InChI=1S/C20H31N3O7/c1-11(27)8-23(10-26)18-13(3)16(19(29)21-5-6-24)12(2)17(14(18)4)20(30)22-7-15(28)9-25/h10-11,15,24-25,27-28H,5-9H2,1-4H3,(H,21,29)(H,22,30). The van der Waals surface area contributed by atoms with Gasteiger partial charge >= 0.3 is 0 Å². The summed E-state index contributed by atoms with van der Waals surface area (Å²) in [7, 11) is 0. The fraction of sp³-hybridized carbons (Fsp3) is 0.550. The summed E-state index contributed by atoms with van der Waals surface area (Å²) < 4.78 is 0. The van der Waals surface area contributed by atoms with Crippen molar-refractivity contribution in [3.05, 3.63) is 27.8 Å². The van der Waals surface area contributed by atoms with Crippen molar-refractivity contribution < 1.29 is 34.8 Å². The maximum atomic E-state index is 12.9. The van der Waals surface area contributed by atoms with Gasteiger partial charge in [0, 0.05) is 24.2 Å². The summed E-state index contributed by atoms with van der Waals surface area (Å²) in [6.45, 7) is 5.33. The first kappa shape index (κ1) is 25.5. The fourth-order valence-corrected chi connectivity index (χ4v) is 3.41. The van der Waals surface area contributed by atoms with Crippen molar-refractivity contribution in [2.24, 2.45) is 0 Å². The van der Waals surface area contributed by atoms with Gasteiger partial charge in [-0.05, 0) is 44.4 Å². The summed E-state index contributed by atoms with van der Waals surface area (Å²) in [4.78, 5) is 38.6. The number of amides is 3. The van der Waals surface area contributed by atoms with E-state index >= 15 is 0 Å². The van der Waals surface area contributed by atoms with Gasteiger partial charge in [-0.1, -0.05) is 0 Å². The number of aliphatic hydroxyl groups is 4. The average molecular weight is 425 g/mol. The summed E-state index contributed by atoms with van der Waals surface area (Å²) in [5, 5.41) is 42.3. The van der Waals surface area contributed by atoms with E-state index in [9.17, 15) is 24.6 Å². The number of hydrogen-bond acceptors (Lipinski definition) is 7. The van der Waals surface area contributed by atoms with Crippen molar-refractivity contribution in [2.75, 3.05) is 37.7 Å². The fourth-order valence-electron chi connectivity index (χ4n) is 3.41. The van der Waals surface area contributed by atoms with Gasteiger partial charge in [0.25, 0.3) is 11.8 Å². The largest absolute Gasteiger partial charge is 0.395 e. The number of carbonyl (C=O) groups is 3. The first-order chi connectivity index (χ1) is 14.1. The molecule has 0 saturated carbocycles. The molecule has 0 saturated heterocycles. The zero-order valence-electron chi connectivity index (χ0n) is 17.7. The lowest BCUT2D eigenvalue weighted by molar-refractivity contribution is -0.107. The van der Waals surface area contributed by atoms with Crippen LogP contribution in [0, 0.1) is 20.8 Å². The number of rotatable bonds is 11. The van der Waals surface area contributed by atoms with Crippen molar-refractivity contribution >= 4 is 23.9 Å². The van der Waals surface area contributed by atoms with E-state index in [0.717, 1.165) is 0 Å². The molecule has 30 heavy (non-hydrogen) atoms. The number of hydrogen-bond donors (Lipinski definition) is 6. The lowest BCUT2D eigenvalue weighted by Gasteiger charge is -2.28. The lowest BCUT2D eigenvalue weighted by Crippen LogP contribution is -2.37. The minimum Gasteiger partial charge on any atom is -0.395 e. The molecule has 1 aromatic carbocycles. The molecule has 0 aliphatic heterocycles. The van der Waals surface area contributed by atoms with Gasteiger partial charge in [-0.25, -0.2) is 0 Å². The van der Waals surface area contributed by atoms with E-state index in [1.165, 1.54) is 11.8 Å². The molecule has 0 fully saturated rings. The van der Waals surface area contributed by atoms with Gasteiger partial charge in [-0.2, -0.15) is 0 Å². The molecule has 0 aliphatic rings. The highest BCUT2D eigenvalue weighted by atomic mass is 16.3. The Hall–Kier alpha value is -2.53. The van der Waals surface area contributed by atoms with Crippen LogP contribution in [0.2, 0.25) is 0 Å². The summed E-state index contributed by atoms with van der Waals surface area (Å²) in [5.41, 5.74) is 1.87. The van der Waals surface area contributed by atoms with Crippen LogP contribution < -0.4 is 15.5 Å². The Morgan fingerprint density at radius 1 is 1.00 bits per heavy atom. The normalized spacial score (nSPS) is 12.8. The van der Waals surface area contributed by atoms with Gasteiger partial charge in [0.2, 0.25) is 6.41 Å². The molecule has 0 bridgehead atoms. The number of carbonyl (C=O) groups excluding carboxylic acids is 3. The highest BCUT2D eigenvalue weighted by molar-refractivity contribution is 6.07. The van der Waals surface area contributed by atoms with Crippen LogP contribution in [0.5, 0.6) is 0 Å². The molecule has 1 rings (SSSR count). The van der Waals surface area contributed by atoms with Crippen molar-refractivity contribution in [1.82, 2.24) is 10.6 Å². The Bertz CT molecular complexity index is 780. The average Bonchev–Trinajstić information content (AvgIpc) is 2.68. The first-order valence-electron chi connectivity index (χ1n) is 9.60. The van der Waals surface area contributed by atoms with Crippen LogP contribution in [0.15, 0.2) is 0 Å². The van der Waals surface area contributed by atoms with Crippen molar-refractivity contribution in [3.8, 4) is 0 Å². The summed E-state index contributed by atoms with van der Waals surface area (Å²) in [6.07, 6.45) is -1.48. The third kappa shape index (κ3) is 5.99. The topological polar surface area (TPSA) is 159 Å². The molecule has 10 nitrogen and oxygen atoms in total. The van der Waals surface area contributed by atoms with Gasteiger partial charge in [0.05, 0.1) is 37.7 Å². The first-order valence-corrected chi connectivity index (χ1v) is 9.60. The minimum absolute atomic E-state index is 0.0101. The second-order valence-electron chi connectivity index (χ2n) is 7.11. The zero-order valence-corrected chi connectivity index (χ0v) is 17.7. The quantitative estimate of drug-likeness (QED) is 0.242. The van der Waals surface area contributed by atoms with Crippen LogP contribution in [0.3, 0.4) is 0 Å². The number of nitrogens with one attached hydrogen (secondary N) is 2. The zero-order chi connectivity index (χ0) is 23.0. The van der Waals surface area contributed by atoms with Gasteiger partial charge < -0.3 is 36.0 Å². The molecule has 0 aromatic heterocycles. The van der Waals surface area contributed by atoms with Gasteiger partial charge in [0.1, 0.15) is 0 Å². The third-order valence-corrected chi connectivity index (χ3v) is 4.65. The van der Waals surface area contributed by atoms with Crippen LogP contribution in [0.4, 0.5) is 5.69 Å². The Balaban J connectivity index is 3.66. The smallest absolute Gasteiger partial charge is 0.252 e. The predicted octanol–water partition coefficient (Wildman–Crippen LogP) is -1.24. The summed E-state index contributed by atoms with van der Waals surface area (Å²) in [5.74, 6) is -1.11. The maximum Gasteiger partial charge on any atom is 0.252 e. The van der Waals surface area contributed by atoms with Crippen LogP contribution >= 0.6 is 0 Å². The molecule has 0 aliphatic carbocycles. The summed E-state index contributed by atoms with van der Waals surface area (Å²) >= 11 is 0. The molecule has 0 radical (unpaired) electrons. The molecule has 2 atom stereocenters. The monoisotopic (exact) mass is 425 g/mol. The van der Waals surface area contributed by atoms with E-state index < -0.39 is 30.6 Å². The Labute approximate surface area is 175 Å². The molecule has 2 unspecified atom stereocenters. The van der Waals surface area contributed by atoms with Crippen LogP contribution in [0.1, 0.15) is 44.3 Å². The van der Waals surface area contributed by atoms with Crippen molar-refractivity contribution in [3.63, 3.8) is 0 Å². The number of nitrogens with zero attached hydrogens (tertiary/aromatic N) is 1. The molecule has 6 N–H and O–H groups in total. The lowest BCUT2D eigenvalue weighted by atomic mass is 9.89. The molecular weight excluding hydrogens is 394 g/mol. The Morgan fingerprint density at radius 3 is 1.97 bits per heavy atom. The van der Waals surface area contributed by atoms with Gasteiger partial charge in [-0.15, -0.1) is 0 Å². The van der Waals surface area contributed by atoms with E-state index in [1.807, 2.05) is 0 Å². The second kappa shape index (κ2) is 11.6. The van der Waals surface area contributed by atoms with E-state index in [4.69, 9.17) is 10.2 Å². The molecule has 3 amide bonds. The Kier molecular flexibility index (Phi) is 9.86. The van der Waals surface area contributed by atoms with Crippen LogP contribution in [-0.2, 0) is 4.79 Å². The third-order valence-electron chi connectivity index (χ3n) is 4.65. The van der Waals surface area contributed by atoms with Crippen LogP contribution in [-0.4, -0.2) is 83.7 Å². The number of anilines is 1. The van der Waals surface area contributed by atoms with Gasteiger partial charge in [-0.3, -0.25) is 14.4 Å². The van der Waals surface area contributed by atoms with Crippen molar-refractivity contribution in [2.45, 2.75) is 39.9 Å². The van der Waals surface area contributed by atoms with Gasteiger partial charge in [0.15, 0.2) is 0 Å². The number of benzene rings is 1. The van der Waals surface area contributed by atoms with E-state index in [0.29, 0.717) is 28.8 Å². The molecule has 168 valence electrons. The van der Waals surface area contributed by atoms with E-state index in [1.54, 1.807) is 20.8 Å². The van der Waals surface area contributed by atoms with E-state index in [2.05, 4.69) is 10.6 Å². The minimum atomic E-state index is -1.14. The molecule has 0 spiro atoms. The van der Waals surface area contributed by atoms with Crippen LogP contribution in [0.25, 0.3) is 0 Å².